The van der Waals surface area contributed by atoms with Gasteiger partial charge >= 0.3 is 0 Å². The zero-order valence-corrected chi connectivity index (χ0v) is 15.4. The maximum atomic E-state index is 12.4. The Morgan fingerprint density at radius 3 is 2.40 bits per heavy atom. The molecule has 1 aromatic carbocycles. The number of nitrogens with one attached hydrogen (secondary N) is 1. The van der Waals surface area contributed by atoms with Gasteiger partial charge in [0.2, 0.25) is 0 Å². The molecule has 0 aliphatic heterocycles. The summed E-state index contributed by atoms with van der Waals surface area (Å²) in [4.78, 5) is 12.4. The summed E-state index contributed by atoms with van der Waals surface area (Å²) in [6.07, 6.45) is 8.70. The van der Waals surface area contributed by atoms with Crippen LogP contribution in [0, 0.1) is 23.2 Å². The van der Waals surface area contributed by atoms with Crippen LogP contribution in [0.2, 0.25) is 5.02 Å². The third-order valence-corrected chi connectivity index (χ3v) is 6.72. The predicted molar refractivity (Wildman–Crippen MR) is 98.9 cm³/mol. The number of nitrogens with zero attached hydrogens (tertiary/aromatic N) is 1. The molecule has 0 spiro atoms. The van der Waals surface area contributed by atoms with Crippen LogP contribution in [0.3, 0.4) is 0 Å². The van der Waals surface area contributed by atoms with Gasteiger partial charge in [0.15, 0.2) is 0 Å². The first-order valence-electron chi connectivity index (χ1n) is 9.35. The Labute approximate surface area is 153 Å². The van der Waals surface area contributed by atoms with Gasteiger partial charge in [-0.05, 0) is 80.9 Å². The number of rotatable bonds is 4. The van der Waals surface area contributed by atoms with Gasteiger partial charge in [0.05, 0.1) is 5.56 Å². The summed E-state index contributed by atoms with van der Waals surface area (Å²) in [7, 11) is 0. The maximum absolute atomic E-state index is 12.4. The van der Waals surface area contributed by atoms with Crippen molar-refractivity contribution in [1.29, 1.82) is 0 Å². The number of carbonyl (C=O) groups is 1. The SMILES string of the molecule is CC/C(=N/NC(=O)c1cc(Cl)ccc1O)C12CC3CC(CC(C3)C1)C2. The van der Waals surface area contributed by atoms with Gasteiger partial charge in [0.25, 0.3) is 5.91 Å². The van der Waals surface area contributed by atoms with Crippen molar-refractivity contribution in [3.63, 3.8) is 0 Å². The molecule has 4 saturated carbocycles. The van der Waals surface area contributed by atoms with E-state index in [4.69, 9.17) is 11.6 Å². The molecule has 25 heavy (non-hydrogen) atoms. The molecule has 2 N–H and O–H groups in total. The van der Waals surface area contributed by atoms with Crippen LogP contribution in [-0.2, 0) is 0 Å². The van der Waals surface area contributed by atoms with E-state index in [1.54, 1.807) is 6.07 Å². The number of hydrogen-bond donors (Lipinski definition) is 2. The molecule has 134 valence electrons. The highest BCUT2D eigenvalue weighted by Crippen LogP contribution is 2.60. The summed E-state index contributed by atoms with van der Waals surface area (Å²) in [5, 5.41) is 14.9. The van der Waals surface area contributed by atoms with Gasteiger partial charge in [-0.2, -0.15) is 5.10 Å². The number of carbonyl (C=O) groups excluding carboxylic acids is 1. The first-order valence-corrected chi connectivity index (χ1v) is 9.73. The molecule has 0 aromatic heterocycles. The van der Waals surface area contributed by atoms with Gasteiger partial charge in [-0.3, -0.25) is 4.79 Å². The van der Waals surface area contributed by atoms with E-state index in [9.17, 15) is 9.90 Å². The average molecular weight is 361 g/mol. The molecule has 5 rings (SSSR count). The van der Waals surface area contributed by atoms with Gasteiger partial charge in [-0.25, -0.2) is 5.43 Å². The highest BCUT2D eigenvalue weighted by atomic mass is 35.5. The summed E-state index contributed by atoms with van der Waals surface area (Å²) < 4.78 is 0. The fourth-order valence-corrected chi connectivity index (χ4v) is 6.08. The van der Waals surface area contributed by atoms with Crippen molar-refractivity contribution in [1.82, 2.24) is 5.43 Å². The number of hydrazone groups is 1. The van der Waals surface area contributed by atoms with Crippen LogP contribution >= 0.6 is 11.6 Å². The number of benzene rings is 1. The number of amides is 1. The number of aromatic hydroxyl groups is 1. The van der Waals surface area contributed by atoms with Crippen molar-refractivity contribution in [2.45, 2.75) is 51.9 Å². The van der Waals surface area contributed by atoms with E-state index < -0.39 is 5.91 Å². The maximum Gasteiger partial charge on any atom is 0.275 e. The fraction of sp³-hybridized carbons (Fsp3) is 0.600. The molecule has 0 heterocycles. The molecular formula is C20H25ClN2O2. The van der Waals surface area contributed by atoms with Crippen molar-refractivity contribution in [3.8, 4) is 5.75 Å². The lowest BCUT2D eigenvalue weighted by atomic mass is 9.48. The zero-order valence-electron chi connectivity index (χ0n) is 14.6. The van der Waals surface area contributed by atoms with E-state index in [2.05, 4.69) is 17.5 Å². The Morgan fingerprint density at radius 2 is 1.84 bits per heavy atom. The second-order valence-electron chi connectivity index (χ2n) is 8.21. The molecule has 0 saturated heterocycles. The highest BCUT2D eigenvalue weighted by Gasteiger charge is 2.52. The summed E-state index contributed by atoms with van der Waals surface area (Å²) in [6, 6.07) is 4.46. The Hall–Kier alpha value is -1.55. The normalized spacial score (nSPS) is 33.5. The lowest BCUT2D eigenvalue weighted by molar-refractivity contribution is -0.0134. The quantitative estimate of drug-likeness (QED) is 0.600. The molecule has 4 aliphatic carbocycles. The van der Waals surface area contributed by atoms with E-state index in [-0.39, 0.29) is 16.7 Å². The van der Waals surface area contributed by atoms with Gasteiger partial charge in [0.1, 0.15) is 5.75 Å². The number of hydrogen-bond acceptors (Lipinski definition) is 3. The lowest BCUT2D eigenvalue weighted by Gasteiger charge is -2.57. The molecule has 1 aromatic rings. The van der Waals surface area contributed by atoms with Crippen LogP contribution in [0.15, 0.2) is 23.3 Å². The minimum atomic E-state index is -0.407. The smallest absolute Gasteiger partial charge is 0.275 e. The topological polar surface area (TPSA) is 61.7 Å². The molecule has 4 nitrogen and oxygen atoms in total. The largest absolute Gasteiger partial charge is 0.507 e. The van der Waals surface area contributed by atoms with Crippen molar-refractivity contribution < 1.29 is 9.90 Å². The Kier molecular flexibility index (Phi) is 4.27. The third-order valence-electron chi connectivity index (χ3n) is 6.48. The summed E-state index contributed by atoms with van der Waals surface area (Å²) in [6.45, 7) is 2.13. The van der Waals surface area contributed by atoms with Crippen LogP contribution in [0.5, 0.6) is 5.75 Å². The highest BCUT2D eigenvalue weighted by molar-refractivity contribution is 6.31. The van der Waals surface area contributed by atoms with Crippen molar-refractivity contribution in [2.24, 2.45) is 28.3 Å². The second-order valence-corrected chi connectivity index (χ2v) is 8.65. The molecule has 4 fully saturated rings. The van der Waals surface area contributed by atoms with Crippen LogP contribution < -0.4 is 5.43 Å². The van der Waals surface area contributed by atoms with Crippen LogP contribution in [0.25, 0.3) is 0 Å². The van der Waals surface area contributed by atoms with Crippen molar-refractivity contribution in [2.75, 3.05) is 0 Å². The first kappa shape index (κ1) is 16.9. The standard InChI is InChI=1S/C20H25ClN2O2/c1-2-18(20-9-12-5-13(10-20)7-14(6-12)11-20)22-23-19(25)16-8-15(21)3-4-17(16)24/h3-4,8,12-14,24H,2,5-7,9-11H2,1H3,(H,23,25)/b22-18-. The molecule has 1 amide bonds. The Morgan fingerprint density at radius 1 is 1.24 bits per heavy atom. The third kappa shape index (κ3) is 3.05. The minimum Gasteiger partial charge on any atom is -0.507 e. The molecule has 4 aliphatic rings. The van der Waals surface area contributed by atoms with E-state index in [1.807, 2.05) is 0 Å². The summed E-state index contributed by atoms with van der Waals surface area (Å²) in [5.41, 5.74) is 4.15. The number of phenolic OH excluding ortho intramolecular Hbond substituents is 1. The van der Waals surface area contributed by atoms with E-state index in [0.717, 1.165) is 29.9 Å². The van der Waals surface area contributed by atoms with Gasteiger partial charge in [-0.1, -0.05) is 18.5 Å². The Bertz CT molecular complexity index is 693. The number of halogens is 1. The monoisotopic (exact) mass is 360 g/mol. The van der Waals surface area contributed by atoms with Crippen LogP contribution in [0.4, 0.5) is 0 Å². The van der Waals surface area contributed by atoms with Crippen molar-refractivity contribution >= 4 is 23.2 Å². The molecule has 0 atom stereocenters. The molecule has 5 heteroatoms. The Balaban J connectivity index is 1.55. The van der Waals surface area contributed by atoms with Gasteiger partial charge in [-0.15, -0.1) is 0 Å². The lowest BCUT2D eigenvalue weighted by Crippen LogP contribution is -2.50. The van der Waals surface area contributed by atoms with E-state index in [0.29, 0.717) is 5.02 Å². The summed E-state index contributed by atoms with van der Waals surface area (Å²) in [5.74, 6) is 2.04. The van der Waals surface area contributed by atoms with E-state index in [1.165, 1.54) is 50.7 Å². The van der Waals surface area contributed by atoms with Gasteiger partial charge in [0, 0.05) is 16.1 Å². The van der Waals surface area contributed by atoms with Gasteiger partial charge < -0.3 is 5.11 Å². The first-order chi connectivity index (χ1) is 12.0. The minimum absolute atomic E-state index is 0.0787. The van der Waals surface area contributed by atoms with E-state index >= 15 is 0 Å². The average Bonchev–Trinajstić information content (AvgIpc) is 2.56. The van der Waals surface area contributed by atoms with Crippen LogP contribution in [0.1, 0.15) is 62.2 Å². The molecule has 0 radical (unpaired) electrons. The molecular weight excluding hydrogens is 336 g/mol. The number of phenols is 1. The van der Waals surface area contributed by atoms with Crippen molar-refractivity contribution in [3.05, 3.63) is 28.8 Å². The molecule has 4 bridgehead atoms. The molecule has 0 unspecified atom stereocenters. The fourth-order valence-electron chi connectivity index (χ4n) is 5.91. The second kappa shape index (κ2) is 6.31. The predicted octanol–water partition coefficient (Wildman–Crippen LogP) is 4.76. The zero-order chi connectivity index (χ0) is 17.6. The summed E-state index contributed by atoms with van der Waals surface area (Å²) >= 11 is 5.93. The van der Waals surface area contributed by atoms with Crippen LogP contribution in [-0.4, -0.2) is 16.7 Å².